The predicted octanol–water partition coefficient (Wildman–Crippen LogP) is 1.01. The summed E-state index contributed by atoms with van der Waals surface area (Å²) in [6.45, 7) is 3.17. The third-order valence-electron chi connectivity index (χ3n) is 2.57. The van der Waals surface area contributed by atoms with Crippen LogP contribution in [-0.4, -0.2) is 22.1 Å². The number of aryl methyl sites for hydroxylation is 1. The summed E-state index contributed by atoms with van der Waals surface area (Å²) in [5.41, 5.74) is 0. The van der Waals surface area contributed by atoms with E-state index >= 15 is 0 Å². The summed E-state index contributed by atoms with van der Waals surface area (Å²) < 4.78 is 7.09. The van der Waals surface area contributed by atoms with Crippen molar-refractivity contribution in [3.63, 3.8) is 0 Å². The number of hydrogen-bond acceptors (Lipinski definition) is 3. The fraction of sp³-hybridized carbons (Fsp3) is 0.600. The molecule has 0 radical (unpaired) electrons. The average Bonchev–Trinajstić information content (AvgIpc) is 2.64. The number of ether oxygens (including phenoxy) is 1. The summed E-state index contributed by atoms with van der Waals surface area (Å²) in [4.78, 5) is 15.7. The van der Waals surface area contributed by atoms with Crippen molar-refractivity contribution in [2.24, 2.45) is 5.92 Å². The number of nitrogens with zero attached hydrogens (tertiary/aromatic N) is 2. The second kappa shape index (κ2) is 3.82. The van der Waals surface area contributed by atoms with Gasteiger partial charge in [-0.25, -0.2) is 4.98 Å². The standard InChI is InChI=1S/C10H14N2O2/c1-2-14-10(13)8-3-5-12-6-4-11-9(12)7-8/h4,6,8H,2-3,5,7H2,1H3. The summed E-state index contributed by atoms with van der Waals surface area (Å²) in [5, 5.41) is 0. The van der Waals surface area contributed by atoms with Crippen LogP contribution in [0, 0.1) is 5.92 Å². The van der Waals surface area contributed by atoms with Crippen LogP contribution >= 0.6 is 0 Å². The molecule has 0 saturated heterocycles. The number of carbonyl (C=O) groups is 1. The lowest BCUT2D eigenvalue weighted by molar-refractivity contribution is -0.148. The third kappa shape index (κ3) is 1.64. The highest BCUT2D eigenvalue weighted by Gasteiger charge is 2.25. The van der Waals surface area contributed by atoms with Crippen LogP contribution in [0.5, 0.6) is 0 Å². The monoisotopic (exact) mass is 194 g/mol. The first-order chi connectivity index (χ1) is 6.81. The van der Waals surface area contributed by atoms with Gasteiger partial charge in [-0.3, -0.25) is 4.79 Å². The van der Waals surface area contributed by atoms with Crippen LogP contribution in [0.15, 0.2) is 12.4 Å². The molecule has 1 atom stereocenters. The van der Waals surface area contributed by atoms with Crippen molar-refractivity contribution in [2.75, 3.05) is 6.61 Å². The van der Waals surface area contributed by atoms with Gasteiger partial charge in [-0.2, -0.15) is 0 Å². The van der Waals surface area contributed by atoms with Crippen LogP contribution < -0.4 is 0 Å². The number of imidazole rings is 1. The maximum absolute atomic E-state index is 11.5. The lowest BCUT2D eigenvalue weighted by atomic mass is 9.98. The Morgan fingerprint density at radius 3 is 3.43 bits per heavy atom. The zero-order valence-electron chi connectivity index (χ0n) is 8.27. The molecule has 1 aromatic rings. The minimum Gasteiger partial charge on any atom is -0.466 e. The predicted molar refractivity (Wildman–Crippen MR) is 50.7 cm³/mol. The molecule has 0 bridgehead atoms. The van der Waals surface area contributed by atoms with E-state index in [1.807, 2.05) is 13.1 Å². The Labute approximate surface area is 82.9 Å². The number of esters is 1. The van der Waals surface area contributed by atoms with E-state index in [9.17, 15) is 4.79 Å². The van der Waals surface area contributed by atoms with Gasteiger partial charge in [0.25, 0.3) is 0 Å². The summed E-state index contributed by atoms with van der Waals surface area (Å²) in [6, 6.07) is 0. The molecule has 14 heavy (non-hydrogen) atoms. The second-order valence-corrected chi connectivity index (χ2v) is 3.48. The SMILES string of the molecule is CCOC(=O)C1CCn2ccnc2C1. The largest absolute Gasteiger partial charge is 0.466 e. The Balaban J connectivity index is 2.04. The van der Waals surface area contributed by atoms with Crippen LogP contribution in [0.1, 0.15) is 19.2 Å². The molecule has 4 nitrogen and oxygen atoms in total. The smallest absolute Gasteiger partial charge is 0.309 e. The van der Waals surface area contributed by atoms with Gasteiger partial charge in [0, 0.05) is 25.4 Å². The van der Waals surface area contributed by atoms with E-state index < -0.39 is 0 Å². The maximum atomic E-state index is 11.5. The quantitative estimate of drug-likeness (QED) is 0.660. The summed E-state index contributed by atoms with van der Waals surface area (Å²) in [7, 11) is 0. The van der Waals surface area contributed by atoms with Gasteiger partial charge in [-0.15, -0.1) is 0 Å². The Morgan fingerprint density at radius 1 is 1.79 bits per heavy atom. The van der Waals surface area contributed by atoms with Gasteiger partial charge in [0.1, 0.15) is 5.82 Å². The van der Waals surface area contributed by atoms with Crippen LogP contribution in [0.3, 0.4) is 0 Å². The fourth-order valence-corrected chi connectivity index (χ4v) is 1.81. The average molecular weight is 194 g/mol. The molecule has 1 aliphatic heterocycles. The fourth-order valence-electron chi connectivity index (χ4n) is 1.81. The minimum atomic E-state index is -0.0817. The van der Waals surface area contributed by atoms with Crippen molar-refractivity contribution in [3.8, 4) is 0 Å². The van der Waals surface area contributed by atoms with Gasteiger partial charge in [-0.1, -0.05) is 0 Å². The molecule has 2 heterocycles. The molecule has 76 valence electrons. The van der Waals surface area contributed by atoms with Crippen molar-refractivity contribution in [2.45, 2.75) is 26.3 Å². The van der Waals surface area contributed by atoms with E-state index in [0.717, 1.165) is 18.8 Å². The summed E-state index contributed by atoms with van der Waals surface area (Å²) in [6.07, 6.45) is 5.31. The number of carbonyl (C=O) groups excluding carboxylic acids is 1. The topological polar surface area (TPSA) is 44.1 Å². The number of fused-ring (bicyclic) bond motifs is 1. The molecule has 2 rings (SSSR count). The number of rotatable bonds is 2. The molecule has 1 aromatic heterocycles. The van der Waals surface area contributed by atoms with Crippen molar-refractivity contribution in [3.05, 3.63) is 18.2 Å². The molecular formula is C10H14N2O2. The van der Waals surface area contributed by atoms with Crippen LogP contribution in [0.25, 0.3) is 0 Å². The Bertz CT molecular complexity index is 333. The summed E-state index contributed by atoms with van der Waals surface area (Å²) in [5.74, 6) is 0.918. The normalized spacial score (nSPS) is 20.2. The van der Waals surface area contributed by atoms with Crippen molar-refractivity contribution >= 4 is 5.97 Å². The first kappa shape index (κ1) is 9.24. The van der Waals surface area contributed by atoms with Gasteiger partial charge in [-0.05, 0) is 13.3 Å². The van der Waals surface area contributed by atoms with Crippen LogP contribution in [0.2, 0.25) is 0 Å². The van der Waals surface area contributed by atoms with Crippen molar-refractivity contribution < 1.29 is 9.53 Å². The van der Waals surface area contributed by atoms with E-state index in [1.54, 1.807) is 6.20 Å². The van der Waals surface area contributed by atoms with Crippen LogP contribution in [0.4, 0.5) is 0 Å². The summed E-state index contributed by atoms with van der Waals surface area (Å²) >= 11 is 0. The van der Waals surface area contributed by atoms with Gasteiger partial charge >= 0.3 is 5.97 Å². The van der Waals surface area contributed by atoms with Crippen molar-refractivity contribution in [1.82, 2.24) is 9.55 Å². The van der Waals surface area contributed by atoms with E-state index in [-0.39, 0.29) is 11.9 Å². The molecule has 1 unspecified atom stereocenters. The van der Waals surface area contributed by atoms with Gasteiger partial charge in [0.2, 0.25) is 0 Å². The maximum Gasteiger partial charge on any atom is 0.309 e. The number of hydrogen-bond donors (Lipinski definition) is 0. The highest BCUT2D eigenvalue weighted by Crippen LogP contribution is 2.19. The van der Waals surface area contributed by atoms with E-state index in [4.69, 9.17) is 4.74 Å². The molecule has 0 aliphatic carbocycles. The number of aromatic nitrogens is 2. The van der Waals surface area contributed by atoms with Crippen molar-refractivity contribution in [1.29, 1.82) is 0 Å². The highest BCUT2D eigenvalue weighted by molar-refractivity contribution is 5.72. The lowest BCUT2D eigenvalue weighted by Crippen LogP contribution is -2.27. The van der Waals surface area contributed by atoms with Gasteiger partial charge < -0.3 is 9.30 Å². The zero-order valence-corrected chi connectivity index (χ0v) is 8.27. The molecule has 0 N–H and O–H groups in total. The first-order valence-corrected chi connectivity index (χ1v) is 4.98. The molecule has 1 aliphatic rings. The van der Waals surface area contributed by atoms with Gasteiger partial charge in [0.05, 0.1) is 12.5 Å². The van der Waals surface area contributed by atoms with E-state index in [0.29, 0.717) is 13.0 Å². The van der Waals surface area contributed by atoms with E-state index in [2.05, 4.69) is 9.55 Å². The van der Waals surface area contributed by atoms with E-state index in [1.165, 1.54) is 0 Å². The molecule has 4 heteroatoms. The zero-order chi connectivity index (χ0) is 9.97. The molecule has 0 amide bonds. The third-order valence-corrected chi connectivity index (χ3v) is 2.57. The molecule has 0 saturated carbocycles. The molecule has 0 fully saturated rings. The van der Waals surface area contributed by atoms with Crippen LogP contribution in [-0.2, 0) is 22.5 Å². The van der Waals surface area contributed by atoms with Gasteiger partial charge in [0.15, 0.2) is 0 Å². The first-order valence-electron chi connectivity index (χ1n) is 4.98. The minimum absolute atomic E-state index is 0.00449. The lowest BCUT2D eigenvalue weighted by Gasteiger charge is -2.21. The highest BCUT2D eigenvalue weighted by atomic mass is 16.5. The molecule has 0 spiro atoms. The Hall–Kier alpha value is -1.32. The Kier molecular flexibility index (Phi) is 2.52. The second-order valence-electron chi connectivity index (χ2n) is 3.48. The molecular weight excluding hydrogens is 180 g/mol. The molecule has 0 aromatic carbocycles. The Morgan fingerprint density at radius 2 is 2.64 bits per heavy atom.